The predicted molar refractivity (Wildman–Crippen MR) is 117 cm³/mol. The fourth-order valence-corrected chi connectivity index (χ4v) is 3.64. The average molecular weight is 364 g/mol. The second kappa shape index (κ2) is 6.50. The van der Waals surface area contributed by atoms with E-state index >= 15 is 0 Å². The van der Waals surface area contributed by atoms with Gasteiger partial charge in [0.15, 0.2) is 0 Å². The van der Waals surface area contributed by atoms with Crippen LogP contribution in [0.5, 0.6) is 0 Å². The van der Waals surface area contributed by atoms with Crippen LogP contribution < -0.4 is 4.90 Å². The minimum Gasteiger partial charge on any atom is -0.363 e. The van der Waals surface area contributed by atoms with Crippen molar-refractivity contribution in [1.82, 2.24) is 15.0 Å². The molecule has 0 unspecified atom stereocenters. The molecule has 3 aromatic heterocycles. The standard InChI is InChI=1S/C24H20N4/c1-28(2)24-15-17(10-12-26-24)23-14-18-13-16(8-9-21(18)27-23)19-5-3-7-22-20(19)6-4-11-25-22/h3-15,27H,1-2H3. The van der Waals surface area contributed by atoms with Crippen LogP contribution in [0.25, 0.3) is 44.2 Å². The molecule has 0 aliphatic carbocycles. The first-order valence-corrected chi connectivity index (χ1v) is 9.30. The zero-order valence-corrected chi connectivity index (χ0v) is 15.8. The molecular formula is C24H20N4. The number of pyridine rings is 2. The number of benzene rings is 2. The van der Waals surface area contributed by atoms with E-state index in [4.69, 9.17) is 0 Å². The van der Waals surface area contributed by atoms with Gasteiger partial charge in [-0.15, -0.1) is 0 Å². The Hall–Kier alpha value is -3.66. The van der Waals surface area contributed by atoms with Gasteiger partial charge in [0.25, 0.3) is 0 Å². The minimum absolute atomic E-state index is 0.945. The highest BCUT2D eigenvalue weighted by molar-refractivity contribution is 5.97. The number of hydrogen-bond acceptors (Lipinski definition) is 3. The highest BCUT2D eigenvalue weighted by atomic mass is 15.1. The van der Waals surface area contributed by atoms with Crippen LogP contribution >= 0.6 is 0 Å². The largest absolute Gasteiger partial charge is 0.363 e. The Morgan fingerprint density at radius 1 is 0.786 bits per heavy atom. The number of hydrogen-bond donors (Lipinski definition) is 1. The van der Waals surface area contributed by atoms with Crippen molar-refractivity contribution < 1.29 is 0 Å². The molecule has 0 fully saturated rings. The van der Waals surface area contributed by atoms with Gasteiger partial charge in [-0.05, 0) is 53.6 Å². The number of H-pyrrole nitrogens is 1. The second-order valence-corrected chi connectivity index (χ2v) is 7.16. The Kier molecular flexibility index (Phi) is 3.83. The molecule has 0 amide bonds. The molecule has 0 aliphatic rings. The molecule has 4 nitrogen and oxygen atoms in total. The van der Waals surface area contributed by atoms with Crippen molar-refractivity contribution in [3.05, 3.63) is 79.1 Å². The van der Waals surface area contributed by atoms with Crippen molar-refractivity contribution >= 4 is 27.6 Å². The Labute approximate surface area is 163 Å². The number of nitrogens with zero attached hydrogens (tertiary/aromatic N) is 3. The van der Waals surface area contributed by atoms with Crippen LogP contribution in [0.3, 0.4) is 0 Å². The summed E-state index contributed by atoms with van der Waals surface area (Å²) in [5.74, 6) is 0.945. The molecule has 1 N–H and O–H groups in total. The van der Waals surface area contributed by atoms with Crippen LogP contribution in [0, 0.1) is 0 Å². The van der Waals surface area contributed by atoms with Crippen molar-refractivity contribution in [2.45, 2.75) is 0 Å². The molecule has 0 radical (unpaired) electrons. The smallest absolute Gasteiger partial charge is 0.128 e. The van der Waals surface area contributed by atoms with Crippen LogP contribution in [0.15, 0.2) is 79.1 Å². The first-order chi connectivity index (χ1) is 13.7. The summed E-state index contributed by atoms with van der Waals surface area (Å²) in [5.41, 5.74) is 6.76. The molecule has 28 heavy (non-hydrogen) atoms. The third-order valence-electron chi connectivity index (χ3n) is 5.09. The van der Waals surface area contributed by atoms with E-state index in [2.05, 4.69) is 69.5 Å². The normalized spacial score (nSPS) is 11.2. The lowest BCUT2D eigenvalue weighted by atomic mass is 9.99. The monoisotopic (exact) mass is 364 g/mol. The number of aromatic nitrogens is 3. The van der Waals surface area contributed by atoms with E-state index in [1.807, 2.05) is 43.5 Å². The third kappa shape index (κ3) is 2.79. The molecule has 5 rings (SSSR count). The van der Waals surface area contributed by atoms with Crippen LogP contribution in [-0.2, 0) is 0 Å². The molecule has 0 spiro atoms. The summed E-state index contributed by atoms with van der Waals surface area (Å²) < 4.78 is 0. The van der Waals surface area contributed by atoms with Crippen LogP contribution in [0.2, 0.25) is 0 Å². The highest BCUT2D eigenvalue weighted by Gasteiger charge is 2.09. The topological polar surface area (TPSA) is 44.8 Å². The van der Waals surface area contributed by atoms with Crippen LogP contribution in [-0.4, -0.2) is 29.0 Å². The maximum absolute atomic E-state index is 4.48. The number of aromatic amines is 1. The van der Waals surface area contributed by atoms with Gasteiger partial charge in [0, 0.05) is 54.0 Å². The summed E-state index contributed by atoms with van der Waals surface area (Å²) in [6.07, 6.45) is 3.69. The number of fused-ring (bicyclic) bond motifs is 2. The van der Waals surface area contributed by atoms with Crippen molar-refractivity contribution in [3.63, 3.8) is 0 Å². The van der Waals surface area contributed by atoms with Gasteiger partial charge in [-0.25, -0.2) is 4.98 Å². The van der Waals surface area contributed by atoms with E-state index in [1.165, 1.54) is 21.9 Å². The SMILES string of the molecule is CN(C)c1cc(-c2cc3cc(-c4cccc5ncccc45)ccc3[nH]2)ccn1. The molecule has 3 heterocycles. The zero-order valence-electron chi connectivity index (χ0n) is 15.8. The third-order valence-corrected chi connectivity index (χ3v) is 5.09. The summed E-state index contributed by atoms with van der Waals surface area (Å²) in [4.78, 5) is 14.4. The molecule has 0 saturated carbocycles. The van der Waals surface area contributed by atoms with E-state index in [0.29, 0.717) is 0 Å². The van der Waals surface area contributed by atoms with Crippen LogP contribution in [0.1, 0.15) is 0 Å². The lowest BCUT2D eigenvalue weighted by molar-refractivity contribution is 1.07. The lowest BCUT2D eigenvalue weighted by Crippen LogP contribution is -2.10. The lowest BCUT2D eigenvalue weighted by Gasteiger charge is -2.11. The molecule has 0 saturated heterocycles. The summed E-state index contributed by atoms with van der Waals surface area (Å²) in [6.45, 7) is 0. The van der Waals surface area contributed by atoms with E-state index in [0.717, 1.165) is 28.1 Å². The summed E-state index contributed by atoms with van der Waals surface area (Å²) in [7, 11) is 4.01. The number of rotatable bonds is 3. The van der Waals surface area contributed by atoms with Gasteiger partial charge < -0.3 is 9.88 Å². The van der Waals surface area contributed by atoms with Crippen molar-refractivity contribution in [1.29, 1.82) is 0 Å². The van der Waals surface area contributed by atoms with Gasteiger partial charge in [0.2, 0.25) is 0 Å². The van der Waals surface area contributed by atoms with Gasteiger partial charge in [0.05, 0.1) is 5.52 Å². The molecule has 136 valence electrons. The second-order valence-electron chi connectivity index (χ2n) is 7.16. The molecule has 0 atom stereocenters. The Balaban J connectivity index is 1.62. The van der Waals surface area contributed by atoms with Gasteiger partial charge in [-0.2, -0.15) is 0 Å². The molecule has 2 aromatic carbocycles. The van der Waals surface area contributed by atoms with E-state index in [9.17, 15) is 0 Å². The molecule has 0 bridgehead atoms. The first kappa shape index (κ1) is 16.5. The summed E-state index contributed by atoms with van der Waals surface area (Å²) >= 11 is 0. The Bertz CT molecular complexity index is 1300. The highest BCUT2D eigenvalue weighted by Crippen LogP contribution is 2.32. The Morgan fingerprint density at radius 3 is 2.61 bits per heavy atom. The van der Waals surface area contributed by atoms with E-state index in [1.54, 1.807) is 0 Å². The van der Waals surface area contributed by atoms with Crippen LogP contribution in [0.4, 0.5) is 5.82 Å². The number of nitrogens with one attached hydrogen (secondary N) is 1. The first-order valence-electron chi connectivity index (χ1n) is 9.30. The molecule has 4 heteroatoms. The van der Waals surface area contributed by atoms with Crippen molar-refractivity contribution in [2.24, 2.45) is 0 Å². The quantitative estimate of drug-likeness (QED) is 0.459. The fraction of sp³-hybridized carbons (Fsp3) is 0.0833. The van der Waals surface area contributed by atoms with Gasteiger partial charge >= 0.3 is 0 Å². The van der Waals surface area contributed by atoms with E-state index in [-0.39, 0.29) is 0 Å². The van der Waals surface area contributed by atoms with Crippen molar-refractivity contribution in [2.75, 3.05) is 19.0 Å². The zero-order chi connectivity index (χ0) is 19.1. The van der Waals surface area contributed by atoms with Gasteiger partial charge in [0.1, 0.15) is 5.82 Å². The molecule has 0 aliphatic heterocycles. The molecular weight excluding hydrogens is 344 g/mol. The maximum atomic E-state index is 4.48. The predicted octanol–water partition coefficient (Wildman–Crippen LogP) is 5.51. The summed E-state index contributed by atoms with van der Waals surface area (Å²) in [5, 5.41) is 2.36. The van der Waals surface area contributed by atoms with Gasteiger partial charge in [-0.1, -0.05) is 24.3 Å². The average Bonchev–Trinajstić information content (AvgIpc) is 3.17. The number of anilines is 1. The summed E-state index contributed by atoms with van der Waals surface area (Å²) in [6, 6.07) is 23.3. The fourth-order valence-electron chi connectivity index (χ4n) is 3.64. The maximum Gasteiger partial charge on any atom is 0.128 e. The van der Waals surface area contributed by atoms with Gasteiger partial charge in [-0.3, -0.25) is 4.98 Å². The molecule has 5 aromatic rings. The van der Waals surface area contributed by atoms with E-state index < -0.39 is 0 Å². The Morgan fingerprint density at radius 2 is 1.71 bits per heavy atom. The minimum atomic E-state index is 0.945. The van der Waals surface area contributed by atoms with Crippen molar-refractivity contribution in [3.8, 4) is 22.4 Å².